The van der Waals surface area contributed by atoms with Crippen LogP contribution in [0.2, 0.25) is 0 Å². The van der Waals surface area contributed by atoms with E-state index in [1.54, 1.807) is 11.3 Å². The molecule has 0 bridgehead atoms. The van der Waals surface area contributed by atoms with Crippen LogP contribution in [0.3, 0.4) is 0 Å². The van der Waals surface area contributed by atoms with Crippen LogP contribution in [-0.2, 0) is 6.54 Å². The summed E-state index contributed by atoms with van der Waals surface area (Å²) in [5, 5.41) is 13.5. The number of β-amino-alcohol motifs (C(OH)–C–C–N with tert-alkyl or cyclic N) is 1. The maximum Gasteiger partial charge on any atom is 0.185 e. The highest BCUT2D eigenvalue weighted by Crippen LogP contribution is 2.19. The van der Waals surface area contributed by atoms with Gasteiger partial charge in [-0.2, -0.15) is 0 Å². The zero-order valence-corrected chi connectivity index (χ0v) is 17.6. The van der Waals surface area contributed by atoms with E-state index in [-0.39, 0.29) is 0 Å². The van der Waals surface area contributed by atoms with Crippen LogP contribution in [0.15, 0.2) is 48.0 Å². The molecule has 1 fully saturated rings. The molecule has 7 heteroatoms. The highest BCUT2D eigenvalue weighted by atomic mass is 32.1. The van der Waals surface area contributed by atoms with E-state index in [0.29, 0.717) is 13.2 Å². The molecule has 1 atom stereocenters. The summed E-state index contributed by atoms with van der Waals surface area (Å²) in [5.41, 5.74) is 1.26. The largest absolute Gasteiger partial charge is 0.491 e. The average Bonchev–Trinajstić information content (AvgIpc) is 3.29. The Labute approximate surface area is 177 Å². The summed E-state index contributed by atoms with van der Waals surface area (Å²) >= 11 is 1.68. The van der Waals surface area contributed by atoms with Gasteiger partial charge in [-0.3, -0.25) is 9.80 Å². The number of rotatable bonds is 8. The molecule has 29 heavy (non-hydrogen) atoms. The Morgan fingerprint density at radius 2 is 2.00 bits per heavy atom. The lowest BCUT2D eigenvalue weighted by molar-refractivity contribution is 0.0662. The van der Waals surface area contributed by atoms with Gasteiger partial charge in [0.15, 0.2) is 5.13 Å². The molecule has 2 aliphatic rings. The molecule has 156 valence electrons. The Kier molecular flexibility index (Phi) is 7.16. The molecule has 6 nitrogen and oxygen atoms in total. The van der Waals surface area contributed by atoms with Crippen molar-refractivity contribution in [1.82, 2.24) is 14.8 Å². The predicted octanol–water partition coefficient (Wildman–Crippen LogP) is 2.47. The van der Waals surface area contributed by atoms with Crippen molar-refractivity contribution in [3.8, 4) is 5.75 Å². The van der Waals surface area contributed by atoms with Gasteiger partial charge in [0.25, 0.3) is 0 Å². The van der Waals surface area contributed by atoms with Gasteiger partial charge in [0.05, 0.1) is 0 Å². The Morgan fingerprint density at radius 1 is 1.10 bits per heavy atom. The normalized spacial score (nSPS) is 19.4. The van der Waals surface area contributed by atoms with Crippen LogP contribution in [0, 0.1) is 0 Å². The predicted molar refractivity (Wildman–Crippen MR) is 118 cm³/mol. The molecule has 1 unspecified atom stereocenters. The van der Waals surface area contributed by atoms with Crippen molar-refractivity contribution >= 4 is 16.5 Å². The van der Waals surface area contributed by atoms with Crippen molar-refractivity contribution < 1.29 is 9.84 Å². The summed E-state index contributed by atoms with van der Waals surface area (Å²) in [6, 6.07) is 8.25. The summed E-state index contributed by atoms with van der Waals surface area (Å²) < 4.78 is 5.89. The van der Waals surface area contributed by atoms with Gasteiger partial charge in [-0.15, -0.1) is 11.3 Å². The van der Waals surface area contributed by atoms with E-state index in [2.05, 4.69) is 44.0 Å². The number of thiazole rings is 1. The first-order valence-electron chi connectivity index (χ1n) is 10.4. The summed E-state index contributed by atoms with van der Waals surface area (Å²) in [4.78, 5) is 11.4. The number of aliphatic hydroxyl groups is 1. The van der Waals surface area contributed by atoms with Crippen LogP contribution in [0.1, 0.15) is 12.0 Å². The first-order valence-corrected chi connectivity index (χ1v) is 11.3. The number of piperazine rings is 1. The number of hydrogen-bond acceptors (Lipinski definition) is 7. The van der Waals surface area contributed by atoms with E-state index in [9.17, 15) is 5.11 Å². The number of anilines is 1. The van der Waals surface area contributed by atoms with Crippen LogP contribution in [0.5, 0.6) is 5.75 Å². The van der Waals surface area contributed by atoms with Gasteiger partial charge < -0.3 is 14.7 Å². The third-order valence-corrected chi connectivity index (χ3v) is 6.25. The van der Waals surface area contributed by atoms with E-state index in [1.807, 2.05) is 23.7 Å². The molecule has 1 saturated heterocycles. The van der Waals surface area contributed by atoms with E-state index in [4.69, 9.17) is 4.74 Å². The Bertz CT molecular complexity index is 775. The van der Waals surface area contributed by atoms with E-state index >= 15 is 0 Å². The van der Waals surface area contributed by atoms with E-state index in [0.717, 1.165) is 63.1 Å². The minimum Gasteiger partial charge on any atom is -0.491 e. The quantitative estimate of drug-likeness (QED) is 0.670. The number of aliphatic hydroxyl groups excluding tert-OH is 1. The van der Waals surface area contributed by atoms with Gasteiger partial charge in [-0.05, 0) is 24.1 Å². The molecule has 1 N–H and O–H groups in total. The standard InChI is InChI=1S/C22H30N4O2S/c27-20(17-25-10-12-26(13-11-25)22-23-7-14-29-22)18-28-21-6-4-5-19(15-21)16-24-8-2-1-3-9-24/h1-2,4-7,14-15,20,27H,3,8-13,16-18H2. The molecule has 1 aromatic carbocycles. The second-order valence-corrected chi connectivity index (χ2v) is 8.58. The molecular formula is C22H30N4O2S. The van der Waals surface area contributed by atoms with Crippen LogP contribution < -0.4 is 9.64 Å². The Morgan fingerprint density at radius 3 is 2.76 bits per heavy atom. The van der Waals surface area contributed by atoms with Crippen molar-refractivity contribution in [2.24, 2.45) is 0 Å². The van der Waals surface area contributed by atoms with Crippen molar-refractivity contribution in [2.45, 2.75) is 19.1 Å². The Balaban J connectivity index is 1.19. The number of ether oxygens (including phenoxy) is 1. The molecule has 0 saturated carbocycles. The topological polar surface area (TPSA) is 52.1 Å². The average molecular weight is 415 g/mol. The SMILES string of the molecule is OC(COc1cccc(CN2CC=CCC2)c1)CN1CCN(c2nccs2)CC1. The third-order valence-electron chi connectivity index (χ3n) is 5.42. The first-order chi connectivity index (χ1) is 14.3. The molecule has 3 heterocycles. The van der Waals surface area contributed by atoms with Gasteiger partial charge in [-0.25, -0.2) is 4.98 Å². The lowest BCUT2D eigenvalue weighted by atomic mass is 10.1. The highest BCUT2D eigenvalue weighted by molar-refractivity contribution is 7.13. The lowest BCUT2D eigenvalue weighted by Gasteiger charge is -2.35. The fourth-order valence-electron chi connectivity index (χ4n) is 3.86. The molecular weight excluding hydrogens is 384 g/mol. The molecule has 1 aromatic heterocycles. The van der Waals surface area contributed by atoms with Gasteiger partial charge >= 0.3 is 0 Å². The van der Waals surface area contributed by atoms with E-state index in [1.165, 1.54) is 5.56 Å². The van der Waals surface area contributed by atoms with Gasteiger partial charge in [-0.1, -0.05) is 24.3 Å². The van der Waals surface area contributed by atoms with E-state index < -0.39 is 6.10 Å². The summed E-state index contributed by atoms with van der Waals surface area (Å²) in [6.45, 7) is 7.81. The minimum absolute atomic E-state index is 0.322. The second-order valence-electron chi connectivity index (χ2n) is 7.71. The second kappa shape index (κ2) is 10.2. The summed E-state index contributed by atoms with van der Waals surface area (Å²) in [5.74, 6) is 0.836. The monoisotopic (exact) mass is 414 g/mol. The van der Waals surface area contributed by atoms with Crippen molar-refractivity contribution in [1.29, 1.82) is 0 Å². The first kappa shape index (κ1) is 20.3. The zero-order chi connectivity index (χ0) is 19.9. The molecule has 0 radical (unpaired) electrons. The fraction of sp³-hybridized carbons (Fsp3) is 0.500. The highest BCUT2D eigenvalue weighted by Gasteiger charge is 2.20. The molecule has 4 rings (SSSR count). The van der Waals surface area contributed by atoms with Gasteiger partial charge in [0.2, 0.25) is 0 Å². The van der Waals surface area contributed by atoms with Crippen molar-refractivity contribution in [3.05, 3.63) is 53.6 Å². The van der Waals surface area contributed by atoms with Crippen LogP contribution in [0.4, 0.5) is 5.13 Å². The van der Waals surface area contributed by atoms with Crippen LogP contribution in [0.25, 0.3) is 0 Å². The lowest BCUT2D eigenvalue weighted by Crippen LogP contribution is -2.49. The molecule has 2 aromatic rings. The zero-order valence-electron chi connectivity index (χ0n) is 16.8. The molecule has 2 aliphatic heterocycles. The maximum atomic E-state index is 10.4. The van der Waals surface area contributed by atoms with Crippen molar-refractivity contribution in [2.75, 3.05) is 57.3 Å². The Hall–Kier alpha value is -1.93. The van der Waals surface area contributed by atoms with Gasteiger partial charge in [0.1, 0.15) is 18.5 Å². The molecule has 0 aliphatic carbocycles. The van der Waals surface area contributed by atoms with Gasteiger partial charge in [0, 0.05) is 63.9 Å². The number of nitrogens with zero attached hydrogens (tertiary/aromatic N) is 4. The molecule has 0 amide bonds. The number of hydrogen-bond donors (Lipinski definition) is 1. The van der Waals surface area contributed by atoms with Crippen LogP contribution in [-0.4, -0.2) is 78.4 Å². The maximum absolute atomic E-state index is 10.4. The summed E-state index contributed by atoms with van der Waals surface area (Å²) in [7, 11) is 0. The number of benzene rings is 1. The fourth-order valence-corrected chi connectivity index (χ4v) is 4.56. The van der Waals surface area contributed by atoms with Crippen molar-refractivity contribution in [3.63, 3.8) is 0 Å². The third kappa shape index (κ3) is 6.02. The summed E-state index contributed by atoms with van der Waals surface area (Å²) in [6.07, 6.45) is 6.97. The number of aromatic nitrogens is 1. The smallest absolute Gasteiger partial charge is 0.185 e. The van der Waals surface area contributed by atoms with Crippen LogP contribution >= 0.6 is 11.3 Å². The molecule has 0 spiro atoms. The minimum atomic E-state index is -0.489.